The minimum Gasteiger partial charge on any atom is -0.497 e. The summed E-state index contributed by atoms with van der Waals surface area (Å²) in [5.41, 5.74) is 2.57. The van der Waals surface area contributed by atoms with E-state index >= 15 is 0 Å². The number of ketones is 1. The number of ether oxygens (including phenoxy) is 2. The first-order valence-corrected chi connectivity index (χ1v) is 27.4. The number of piperidine rings is 2. The van der Waals surface area contributed by atoms with Gasteiger partial charge in [-0.25, -0.2) is 19.6 Å². The van der Waals surface area contributed by atoms with Crippen LogP contribution in [0.25, 0.3) is 0 Å². The molecule has 0 radical (unpaired) electrons. The molecule has 6 amide bonds. The molecule has 2 aromatic heterocycles. The summed E-state index contributed by atoms with van der Waals surface area (Å²) in [6.07, 6.45) is 21.8. The van der Waals surface area contributed by atoms with Crippen molar-refractivity contribution in [2.45, 2.75) is 135 Å². The van der Waals surface area contributed by atoms with Gasteiger partial charge < -0.3 is 55.6 Å². The van der Waals surface area contributed by atoms with Crippen LogP contribution in [0.4, 0.5) is 9.59 Å². The van der Waals surface area contributed by atoms with Crippen molar-refractivity contribution < 1.29 is 43.3 Å². The molecule has 2 unspecified atom stereocenters. The number of methoxy groups -OCH3 is 2. The van der Waals surface area contributed by atoms with Gasteiger partial charge in [-0.2, -0.15) is 0 Å². The number of nitrogens with one attached hydrogen (secondary N) is 6. The zero-order valence-electron chi connectivity index (χ0n) is 44.7. The predicted octanol–water partition coefficient (Wildman–Crippen LogP) is 6.79. The van der Waals surface area contributed by atoms with E-state index in [-0.39, 0.29) is 35.0 Å². The minimum absolute atomic E-state index is 0.106. The molecule has 0 bridgehead atoms. The number of carboxylic acids is 1. The molecule has 4 aromatic rings. The SMILES string of the molecule is COc1ccc(CC(NC(=O)NCCc2cnc[nH]2)C(=O)N2CCC(C(=O)O)(C3CCCCC3)CC2)cc1.COc1ccc(CC(NC(=O)NCCc2cnc[nH]2)C(=O)N2CCC(C(C)=O)(C3CCCCC3)CC2)cc1. The maximum absolute atomic E-state index is 13.7. The molecule has 4 fully saturated rings. The molecule has 0 spiro atoms. The highest BCUT2D eigenvalue weighted by atomic mass is 16.5. The number of carbonyl (C=O) groups is 6. The van der Waals surface area contributed by atoms with Gasteiger partial charge in [0.25, 0.3) is 0 Å². The highest BCUT2D eigenvalue weighted by Gasteiger charge is 2.49. The molecule has 19 nitrogen and oxygen atoms in total. The molecule has 2 aliphatic carbocycles. The molecule has 4 aliphatic rings. The number of aromatic nitrogens is 4. The molecule has 2 atom stereocenters. The first kappa shape index (κ1) is 56.8. The van der Waals surface area contributed by atoms with E-state index in [1.165, 1.54) is 25.7 Å². The maximum Gasteiger partial charge on any atom is 0.315 e. The van der Waals surface area contributed by atoms with Crippen LogP contribution in [0.3, 0.4) is 0 Å². The maximum atomic E-state index is 13.7. The van der Waals surface area contributed by atoms with Crippen molar-refractivity contribution in [3.63, 3.8) is 0 Å². The van der Waals surface area contributed by atoms with Crippen molar-refractivity contribution >= 4 is 35.6 Å². The Morgan fingerprint density at radius 2 is 0.987 bits per heavy atom. The fourth-order valence-electron chi connectivity index (χ4n) is 12.1. The molecule has 7 N–H and O–H groups in total. The van der Waals surface area contributed by atoms with Crippen LogP contribution in [-0.2, 0) is 44.9 Å². The minimum atomic E-state index is -0.775. The van der Waals surface area contributed by atoms with Crippen LogP contribution < -0.4 is 30.7 Å². The quantitative estimate of drug-likeness (QED) is 0.0485. The largest absolute Gasteiger partial charge is 0.497 e. The summed E-state index contributed by atoms with van der Waals surface area (Å²) in [6.45, 7) is 4.38. The number of amides is 6. The number of hydrogen-bond acceptors (Lipinski definition) is 10. The number of H-pyrrole nitrogens is 2. The number of hydrogen-bond donors (Lipinski definition) is 7. The van der Waals surface area contributed by atoms with Crippen LogP contribution in [0, 0.1) is 22.7 Å². The molecular weight excluding hydrogens is 969 g/mol. The lowest BCUT2D eigenvalue weighted by Gasteiger charge is -2.47. The van der Waals surface area contributed by atoms with Crippen molar-refractivity contribution in [1.29, 1.82) is 0 Å². The summed E-state index contributed by atoms with van der Waals surface area (Å²) < 4.78 is 10.5. The summed E-state index contributed by atoms with van der Waals surface area (Å²) >= 11 is 0. The lowest BCUT2D eigenvalue weighted by atomic mass is 9.62. The Morgan fingerprint density at radius 1 is 0.605 bits per heavy atom. The van der Waals surface area contributed by atoms with E-state index < -0.39 is 29.5 Å². The van der Waals surface area contributed by atoms with Gasteiger partial charge in [0.2, 0.25) is 11.8 Å². The van der Waals surface area contributed by atoms with Crippen LogP contribution >= 0.6 is 0 Å². The number of carboxylic acid groups (broad SMARTS) is 1. The summed E-state index contributed by atoms with van der Waals surface area (Å²) in [4.78, 5) is 95.8. The van der Waals surface area contributed by atoms with Crippen LogP contribution in [0.5, 0.6) is 11.5 Å². The lowest BCUT2D eigenvalue weighted by molar-refractivity contribution is -0.160. The third-order valence-electron chi connectivity index (χ3n) is 16.7. The monoisotopic (exact) mass is 1050 g/mol. The third-order valence-corrected chi connectivity index (χ3v) is 16.7. The van der Waals surface area contributed by atoms with E-state index in [2.05, 4.69) is 41.2 Å². The number of Topliss-reactive ketones (excluding diaryl/α,β-unsaturated/α-hetero) is 1. The number of nitrogens with zero attached hydrogens (tertiary/aromatic N) is 4. The average molecular weight is 1050 g/mol. The molecule has 2 aromatic carbocycles. The van der Waals surface area contributed by atoms with Crippen molar-refractivity contribution in [1.82, 2.24) is 51.0 Å². The molecule has 2 aliphatic heterocycles. The van der Waals surface area contributed by atoms with Crippen molar-refractivity contribution in [3.05, 3.63) is 96.1 Å². The number of urea groups is 2. The van der Waals surface area contributed by atoms with Crippen LogP contribution in [0.15, 0.2) is 73.6 Å². The van der Waals surface area contributed by atoms with Crippen molar-refractivity contribution in [2.24, 2.45) is 22.7 Å². The number of rotatable bonds is 20. The number of aliphatic carboxylic acids is 1. The summed E-state index contributed by atoms with van der Waals surface area (Å²) in [5, 5.41) is 21.6. The number of carbonyl (C=O) groups excluding carboxylic acids is 5. The Balaban J connectivity index is 0.000000221. The highest BCUT2D eigenvalue weighted by molar-refractivity contribution is 5.89. The van der Waals surface area contributed by atoms with E-state index in [0.717, 1.165) is 66.8 Å². The Bertz CT molecular complexity index is 2280. The van der Waals surface area contributed by atoms with Gasteiger partial charge in [-0.05, 0) is 106 Å². The summed E-state index contributed by atoms with van der Waals surface area (Å²) in [5.74, 6) is 1.27. The van der Waals surface area contributed by atoms with Gasteiger partial charge >= 0.3 is 18.0 Å². The number of likely N-dealkylation sites (tertiary alicyclic amines) is 2. The van der Waals surface area contributed by atoms with E-state index in [1.54, 1.807) is 51.1 Å². The fourth-order valence-corrected chi connectivity index (χ4v) is 12.1. The van der Waals surface area contributed by atoms with E-state index in [4.69, 9.17) is 9.47 Å². The first-order valence-electron chi connectivity index (χ1n) is 27.4. The van der Waals surface area contributed by atoms with Gasteiger partial charge in [-0.1, -0.05) is 62.8 Å². The summed E-state index contributed by atoms with van der Waals surface area (Å²) in [6, 6.07) is 12.7. The smallest absolute Gasteiger partial charge is 0.315 e. The highest BCUT2D eigenvalue weighted by Crippen LogP contribution is 2.48. The number of aromatic amines is 2. The Hall–Kier alpha value is -6.92. The van der Waals surface area contributed by atoms with Gasteiger partial charge in [0.05, 0.1) is 32.3 Å². The van der Waals surface area contributed by atoms with Gasteiger partial charge in [-0.15, -0.1) is 0 Å². The Kier molecular flexibility index (Phi) is 20.7. The zero-order chi connectivity index (χ0) is 53.9. The zero-order valence-corrected chi connectivity index (χ0v) is 44.7. The number of benzene rings is 2. The fraction of sp³-hybridized carbons (Fsp3) is 0.579. The molecule has 8 rings (SSSR count). The molecule has 19 heteroatoms. The topological polar surface area (TPSA) is 253 Å². The van der Waals surface area contributed by atoms with Gasteiger partial charge in [0, 0.05) is 94.1 Å². The second-order valence-electron chi connectivity index (χ2n) is 21.2. The van der Waals surface area contributed by atoms with Gasteiger partial charge in [0.1, 0.15) is 29.4 Å². The third kappa shape index (κ3) is 15.1. The van der Waals surface area contributed by atoms with Gasteiger partial charge in [-0.3, -0.25) is 19.2 Å². The number of imidazole rings is 2. The molecule has 76 heavy (non-hydrogen) atoms. The average Bonchev–Trinajstić information content (AvgIpc) is 4.19. The van der Waals surface area contributed by atoms with Crippen LogP contribution in [0.1, 0.15) is 119 Å². The van der Waals surface area contributed by atoms with E-state index in [1.807, 2.05) is 53.4 Å². The van der Waals surface area contributed by atoms with Crippen molar-refractivity contribution in [2.75, 3.05) is 53.5 Å². The lowest BCUT2D eigenvalue weighted by Crippen LogP contribution is -2.56. The Morgan fingerprint density at radius 3 is 1.33 bits per heavy atom. The molecule has 412 valence electrons. The normalized spacial score (nSPS) is 18.4. The first-order chi connectivity index (χ1) is 36.8. The summed E-state index contributed by atoms with van der Waals surface area (Å²) in [7, 11) is 3.21. The Labute approximate surface area is 446 Å². The second kappa shape index (κ2) is 27.7. The molecule has 4 heterocycles. The molecule has 2 saturated carbocycles. The molecule has 2 saturated heterocycles. The molecular formula is C57H80N10O9. The van der Waals surface area contributed by atoms with E-state index in [0.29, 0.717) is 102 Å². The second-order valence-corrected chi connectivity index (χ2v) is 21.2. The van der Waals surface area contributed by atoms with Crippen LogP contribution in [-0.4, -0.2) is 136 Å². The predicted molar refractivity (Wildman–Crippen MR) is 287 cm³/mol. The van der Waals surface area contributed by atoms with Crippen molar-refractivity contribution in [3.8, 4) is 11.5 Å². The van der Waals surface area contributed by atoms with Gasteiger partial charge in [0.15, 0.2) is 0 Å². The standard InChI is InChI=1S/C29H41N5O4.C28H39N5O5/c1-21(35)29(23-6-4-3-5-7-23)13-16-34(17-14-29)27(36)26(18-22-8-10-25(38-2)11-9-22)33-28(37)31-15-12-24-19-30-20-32-24;1-38-23-9-7-20(8-10-23)17-24(32-27(37)30-14-11-22-18-29-19-31-22)25(34)33-15-12-28(13-16-33,26(35)36)21-5-3-2-4-6-21/h8-11,19-20,23,26H,3-7,12-18H2,1-2H3,(H,30,32)(H2,31,33,37);7-10,18-19,21,24H,2-6,11-17H2,1H3,(H,29,31)(H,35,36)(H2,30,32,37). The van der Waals surface area contributed by atoms with Crippen LogP contribution in [0.2, 0.25) is 0 Å². The van der Waals surface area contributed by atoms with E-state index in [9.17, 15) is 33.9 Å².